The summed E-state index contributed by atoms with van der Waals surface area (Å²) in [4.78, 5) is 11.6. The number of aliphatic hydroxyl groups excluding tert-OH is 1. The van der Waals surface area contributed by atoms with Crippen LogP contribution in [0, 0.1) is 0 Å². The first-order valence-corrected chi connectivity index (χ1v) is 6.61. The monoisotopic (exact) mass is 290 g/mol. The van der Waals surface area contributed by atoms with E-state index in [9.17, 15) is 4.79 Å². The minimum atomic E-state index is -0.380. The van der Waals surface area contributed by atoms with E-state index in [4.69, 9.17) is 21.4 Å². The van der Waals surface area contributed by atoms with Crippen LogP contribution < -0.4 is 0 Å². The number of halogens is 1. The highest BCUT2D eigenvalue weighted by Crippen LogP contribution is 2.29. The number of benzene rings is 2. The number of methoxy groups -OCH3 is 1. The minimum absolute atomic E-state index is 0.0866. The molecule has 0 aromatic heterocycles. The Kier molecular flexibility index (Phi) is 4.77. The molecule has 0 atom stereocenters. The van der Waals surface area contributed by atoms with Gasteiger partial charge in [-0.25, -0.2) is 4.79 Å². The van der Waals surface area contributed by atoms with E-state index in [1.54, 1.807) is 24.3 Å². The van der Waals surface area contributed by atoms with Crippen molar-refractivity contribution in [2.75, 3.05) is 13.7 Å². The average Bonchev–Trinajstić information content (AvgIpc) is 2.49. The average molecular weight is 291 g/mol. The van der Waals surface area contributed by atoms with Crippen LogP contribution in [-0.4, -0.2) is 24.8 Å². The molecule has 0 amide bonds. The van der Waals surface area contributed by atoms with Crippen LogP contribution in [0.15, 0.2) is 42.5 Å². The van der Waals surface area contributed by atoms with Gasteiger partial charge in [-0.05, 0) is 41.8 Å². The Morgan fingerprint density at radius 1 is 1.25 bits per heavy atom. The first-order chi connectivity index (χ1) is 9.65. The van der Waals surface area contributed by atoms with Gasteiger partial charge in [-0.2, -0.15) is 0 Å². The largest absolute Gasteiger partial charge is 0.465 e. The van der Waals surface area contributed by atoms with E-state index in [0.29, 0.717) is 17.0 Å². The van der Waals surface area contributed by atoms with Crippen LogP contribution in [-0.2, 0) is 11.2 Å². The lowest BCUT2D eigenvalue weighted by Crippen LogP contribution is -2.01. The Morgan fingerprint density at radius 3 is 2.75 bits per heavy atom. The first kappa shape index (κ1) is 14.6. The van der Waals surface area contributed by atoms with Crippen molar-refractivity contribution in [3.63, 3.8) is 0 Å². The van der Waals surface area contributed by atoms with Crippen LogP contribution in [0.25, 0.3) is 11.1 Å². The molecule has 0 aliphatic heterocycles. The zero-order chi connectivity index (χ0) is 14.5. The van der Waals surface area contributed by atoms with Crippen molar-refractivity contribution in [1.82, 2.24) is 0 Å². The van der Waals surface area contributed by atoms with Crippen LogP contribution in [0.1, 0.15) is 15.9 Å². The Morgan fingerprint density at radius 2 is 2.05 bits per heavy atom. The highest BCUT2D eigenvalue weighted by molar-refractivity contribution is 6.33. The van der Waals surface area contributed by atoms with E-state index >= 15 is 0 Å². The molecule has 0 bridgehead atoms. The molecular formula is C16H15ClO3. The second-order valence-corrected chi connectivity index (χ2v) is 4.77. The Hall–Kier alpha value is -1.84. The fourth-order valence-corrected chi connectivity index (χ4v) is 2.24. The van der Waals surface area contributed by atoms with Crippen molar-refractivity contribution < 1.29 is 14.6 Å². The fraction of sp³-hybridized carbons (Fsp3) is 0.188. The van der Waals surface area contributed by atoms with Crippen molar-refractivity contribution in [2.24, 2.45) is 0 Å². The second kappa shape index (κ2) is 6.55. The molecule has 1 N–H and O–H groups in total. The van der Waals surface area contributed by atoms with Gasteiger partial charge in [0.2, 0.25) is 0 Å². The topological polar surface area (TPSA) is 46.5 Å². The lowest BCUT2D eigenvalue weighted by atomic mass is 10.00. The van der Waals surface area contributed by atoms with Crippen molar-refractivity contribution in [1.29, 1.82) is 0 Å². The SMILES string of the molecule is COC(=O)c1cccc(-c2cc(CCO)ccc2Cl)c1. The maximum Gasteiger partial charge on any atom is 0.337 e. The van der Waals surface area contributed by atoms with Gasteiger partial charge in [0.05, 0.1) is 12.7 Å². The smallest absolute Gasteiger partial charge is 0.337 e. The quantitative estimate of drug-likeness (QED) is 0.879. The molecule has 0 heterocycles. The number of carbonyl (C=O) groups is 1. The van der Waals surface area contributed by atoms with Gasteiger partial charge in [0.25, 0.3) is 0 Å². The molecule has 104 valence electrons. The lowest BCUT2D eigenvalue weighted by molar-refractivity contribution is 0.0601. The summed E-state index contributed by atoms with van der Waals surface area (Å²) in [5.74, 6) is -0.380. The van der Waals surface area contributed by atoms with Gasteiger partial charge in [-0.1, -0.05) is 29.8 Å². The third-order valence-corrected chi connectivity index (χ3v) is 3.36. The van der Waals surface area contributed by atoms with Crippen molar-refractivity contribution in [2.45, 2.75) is 6.42 Å². The molecule has 0 saturated heterocycles. The zero-order valence-electron chi connectivity index (χ0n) is 11.1. The van der Waals surface area contributed by atoms with E-state index in [0.717, 1.165) is 16.7 Å². The summed E-state index contributed by atoms with van der Waals surface area (Å²) >= 11 is 6.22. The Balaban J connectivity index is 2.45. The van der Waals surface area contributed by atoms with Gasteiger partial charge >= 0.3 is 5.97 Å². The van der Waals surface area contributed by atoms with Gasteiger partial charge in [0.1, 0.15) is 0 Å². The summed E-state index contributed by atoms with van der Waals surface area (Å²) in [7, 11) is 1.35. The van der Waals surface area contributed by atoms with Crippen molar-refractivity contribution in [3.8, 4) is 11.1 Å². The summed E-state index contributed by atoms with van der Waals surface area (Å²) in [5.41, 5.74) is 3.16. The first-order valence-electron chi connectivity index (χ1n) is 6.23. The number of ether oxygens (including phenoxy) is 1. The van der Waals surface area contributed by atoms with Gasteiger partial charge in [0, 0.05) is 17.2 Å². The van der Waals surface area contributed by atoms with Crippen LogP contribution in [0.3, 0.4) is 0 Å². The molecule has 0 fully saturated rings. The number of aliphatic hydroxyl groups is 1. The summed E-state index contributed by atoms with van der Waals surface area (Å²) in [6.45, 7) is 0.0866. The summed E-state index contributed by atoms with van der Waals surface area (Å²) < 4.78 is 4.71. The third-order valence-electron chi connectivity index (χ3n) is 3.03. The van der Waals surface area contributed by atoms with E-state index in [1.165, 1.54) is 7.11 Å². The predicted molar refractivity (Wildman–Crippen MR) is 79.0 cm³/mol. The number of hydrogen-bond acceptors (Lipinski definition) is 3. The Bertz CT molecular complexity index is 623. The second-order valence-electron chi connectivity index (χ2n) is 4.36. The van der Waals surface area contributed by atoms with Crippen LogP contribution in [0.4, 0.5) is 0 Å². The van der Waals surface area contributed by atoms with E-state index in [2.05, 4.69) is 0 Å². The summed E-state index contributed by atoms with van der Waals surface area (Å²) in [5, 5.41) is 9.61. The van der Waals surface area contributed by atoms with Crippen LogP contribution in [0.2, 0.25) is 5.02 Å². The molecule has 2 aromatic carbocycles. The van der Waals surface area contributed by atoms with E-state index in [-0.39, 0.29) is 12.6 Å². The van der Waals surface area contributed by atoms with E-state index in [1.807, 2.05) is 18.2 Å². The summed E-state index contributed by atoms with van der Waals surface area (Å²) in [6.07, 6.45) is 0.570. The highest BCUT2D eigenvalue weighted by atomic mass is 35.5. The maximum absolute atomic E-state index is 11.6. The molecule has 0 saturated carbocycles. The van der Waals surface area contributed by atoms with Gasteiger partial charge in [-0.15, -0.1) is 0 Å². The van der Waals surface area contributed by atoms with Crippen molar-refractivity contribution in [3.05, 3.63) is 58.6 Å². The number of carbonyl (C=O) groups excluding carboxylic acids is 1. The van der Waals surface area contributed by atoms with Crippen molar-refractivity contribution >= 4 is 17.6 Å². The normalized spacial score (nSPS) is 10.3. The highest BCUT2D eigenvalue weighted by Gasteiger charge is 2.09. The van der Waals surface area contributed by atoms with Gasteiger partial charge < -0.3 is 9.84 Å². The zero-order valence-corrected chi connectivity index (χ0v) is 11.9. The molecule has 0 aliphatic carbocycles. The molecule has 0 spiro atoms. The minimum Gasteiger partial charge on any atom is -0.465 e. The van der Waals surface area contributed by atoms with Crippen LogP contribution >= 0.6 is 11.6 Å². The lowest BCUT2D eigenvalue weighted by Gasteiger charge is -2.09. The fourth-order valence-electron chi connectivity index (χ4n) is 2.01. The molecule has 0 radical (unpaired) electrons. The number of rotatable bonds is 4. The third kappa shape index (κ3) is 3.18. The molecule has 20 heavy (non-hydrogen) atoms. The maximum atomic E-state index is 11.6. The number of hydrogen-bond donors (Lipinski definition) is 1. The van der Waals surface area contributed by atoms with Crippen LogP contribution in [0.5, 0.6) is 0 Å². The predicted octanol–water partition coefficient (Wildman–Crippen LogP) is 3.33. The Labute approximate surface area is 122 Å². The number of esters is 1. The molecule has 2 aromatic rings. The van der Waals surface area contributed by atoms with Gasteiger partial charge in [-0.3, -0.25) is 0 Å². The van der Waals surface area contributed by atoms with Gasteiger partial charge in [0.15, 0.2) is 0 Å². The summed E-state index contributed by atoms with van der Waals surface area (Å²) in [6, 6.07) is 12.7. The molecule has 0 unspecified atom stereocenters. The molecular weight excluding hydrogens is 276 g/mol. The standard InChI is InChI=1S/C16H15ClO3/c1-20-16(19)13-4-2-3-12(10-13)14-9-11(7-8-18)5-6-15(14)17/h2-6,9-10,18H,7-8H2,1H3. The molecule has 0 aliphatic rings. The molecule has 4 heteroatoms. The molecule has 2 rings (SSSR count). The molecule has 3 nitrogen and oxygen atoms in total. The van der Waals surface area contributed by atoms with E-state index < -0.39 is 0 Å².